The van der Waals surface area contributed by atoms with Crippen molar-refractivity contribution in [3.05, 3.63) is 72.1 Å². The predicted octanol–water partition coefficient (Wildman–Crippen LogP) is 3.98. The van der Waals surface area contributed by atoms with Crippen molar-refractivity contribution in [2.45, 2.75) is 31.1 Å². The van der Waals surface area contributed by atoms with E-state index in [4.69, 9.17) is 0 Å². The number of hydrogen-bond donors (Lipinski definition) is 1. The molecule has 1 aromatic heterocycles. The molecule has 0 saturated heterocycles. The van der Waals surface area contributed by atoms with E-state index in [9.17, 15) is 13.5 Å². The third-order valence-corrected chi connectivity index (χ3v) is 6.90. The lowest BCUT2D eigenvalue weighted by Gasteiger charge is -2.22. The predicted molar refractivity (Wildman–Crippen MR) is 106 cm³/mol. The second-order valence-corrected chi connectivity index (χ2v) is 9.52. The Morgan fingerprint density at radius 3 is 2.26 bits per heavy atom. The van der Waals surface area contributed by atoms with Crippen molar-refractivity contribution in [3.63, 3.8) is 0 Å². The number of rotatable bonds is 3. The van der Waals surface area contributed by atoms with Gasteiger partial charge in [-0.25, -0.2) is 8.42 Å². The number of phenolic OH excluding ortho intramolecular Hbond substituents is 1. The van der Waals surface area contributed by atoms with Crippen LogP contribution in [-0.4, -0.2) is 24.6 Å². The first-order valence-electron chi connectivity index (χ1n) is 8.80. The molecular formula is C21H22N2O3S. The van der Waals surface area contributed by atoms with E-state index in [1.54, 1.807) is 30.3 Å². The van der Waals surface area contributed by atoms with Gasteiger partial charge in [0.2, 0.25) is 0 Å². The smallest absolute Gasteiger partial charge is 0.264 e. The quantitative estimate of drug-likeness (QED) is 0.745. The standard InChI is InChI=1S/C21H22N2O3S/c1-15-6-8-16(9-7-15)27(25,26)23-14-21(2,3)17-12-19(20(24)13-18(17)23)22-10-4-5-11-22/h4-13,24H,14H2,1-3H3. The van der Waals surface area contributed by atoms with Crippen LogP contribution >= 0.6 is 0 Å². The third-order valence-electron chi connectivity index (χ3n) is 5.12. The summed E-state index contributed by atoms with van der Waals surface area (Å²) in [5.74, 6) is 0.0479. The Labute approximate surface area is 159 Å². The van der Waals surface area contributed by atoms with E-state index in [1.165, 1.54) is 4.31 Å². The maximum Gasteiger partial charge on any atom is 0.264 e. The van der Waals surface area contributed by atoms with E-state index < -0.39 is 10.0 Å². The molecule has 0 bridgehead atoms. The van der Waals surface area contributed by atoms with E-state index >= 15 is 0 Å². The van der Waals surface area contributed by atoms with Gasteiger partial charge in [-0.3, -0.25) is 4.31 Å². The molecule has 1 N–H and O–H groups in total. The van der Waals surface area contributed by atoms with Gasteiger partial charge < -0.3 is 9.67 Å². The summed E-state index contributed by atoms with van der Waals surface area (Å²) in [5.41, 5.74) is 2.71. The lowest BCUT2D eigenvalue weighted by atomic mass is 9.86. The van der Waals surface area contributed by atoms with Crippen molar-refractivity contribution >= 4 is 15.7 Å². The average molecular weight is 382 g/mol. The first-order valence-corrected chi connectivity index (χ1v) is 10.2. The second-order valence-electron chi connectivity index (χ2n) is 7.66. The summed E-state index contributed by atoms with van der Waals surface area (Å²) in [4.78, 5) is 0.255. The molecule has 5 nitrogen and oxygen atoms in total. The zero-order chi connectivity index (χ0) is 19.4. The number of benzene rings is 2. The van der Waals surface area contributed by atoms with E-state index in [2.05, 4.69) is 0 Å². The molecule has 6 heteroatoms. The van der Waals surface area contributed by atoms with Crippen molar-refractivity contribution in [3.8, 4) is 11.4 Å². The molecule has 0 spiro atoms. The zero-order valence-corrected chi connectivity index (χ0v) is 16.4. The summed E-state index contributed by atoms with van der Waals surface area (Å²) in [6.07, 6.45) is 3.70. The lowest BCUT2D eigenvalue weighted by molar-refractivity contribution is 0.472. The molecule has 0 atom stereocenters. The first kappa shape index (κ1) is 17.7. The van der Waals surface area contributed by atoms with E-state index in [0.29, 0.717) is 17.9 Å². The molecule has 0 saturated carbocycles. The summed E-state index contributed by atoms with van der Waals surface area (Å²) in [6.45, 7) is 6.29. The SMILES string of the molecule is Cc1ccc(S(=O)(=O)N2CC(C)(C)c3cc(-n4cccc4)c(O)cc32)cc1. The number of anilines is 1. The maximum atomic E-state index is 13.3. The zero-order valence-electron chi connectivity index (χ0n) is 15.5. The fourth-order valence-corrected chi connectivity index (χ4v) is 5.23. The molecule has 1 aliphatic heterocycles. The number of fused-ring (bicyclic) bond motifs is 1. The number of aromatic hydroxyl groups is 1. The fourth-order valence-electron chi connectivity index (χ4n) is 3.60. The molecule has 140 valence electrons. The number of aryl methyl sites for hydroxylation is 1. The van der Waals surface area contributed by atoms with Crippen LogP contribution in [0.25, 0.3) is 5.69 Å². The van der Waals surface area contributed by atoms with Crippen LogP contribution in [0.2, 0.25) is 0 Å². The minimum absolute atomic E-state index is 0.0479. The van der Waals surface area contributed by atoms with Gasteiger partial charge in [-0.05, 0) is 42.8 Å². The molecule has 2 aromatic carbocycles. The van der Waals surface area contributed by atoms with Crippen molar-refractivity contribution < 1.29 is 13.5 Å². The van der Waals surface area contributed by atoms with Crippen molar-refractivity contribution in [1.29, 1.82) is 0 Å². The molecule has 1 aliphatic rings. The molecule has 27 heavy (non-hydrogen) atoms. The number of sulfonamides is 1. The van der Waals surface area contributed by atoms with Crippen LogP contribution in [0, 0.1) is 6.92 Å². The molecule has 2 heterocycles. The Hall–Kier alpha value is -2.73. The van der Waals surface area contributed by atoms with Gasteiger partial charge in [0.15, 0.2) is 0 Å². The van der Waals surface area contributed by atoms with Crippen LogP contribution in [0.1, 0.15) is 25.0 Å². The number of aromatic nitrogens is 1. The Morgan fingerprint density at radius 1 is 1.00 bits per heavy atom. The molecular weight excluding hydrogens is 360 g/mol. The topological polar surface area (TPSA) is 62.5 Å². The minimum Gasteiger partial charge on any atom is -0.506 e. The second kappa shape index (κ2) is 5.89. The molecule has 0 radical (unpaired) electrons. The highest BCUT2D eigenvalue weighted by Gasteiger charge is 2.42. The van der Waals surface area contributed by atoms with Crippen LogP contribution < -0.4 is 4.31 Å². The minimum atomic E-state index is -3.71. The molecule has 0 fully saturated rings. The highest BCUT2D eigenvalue weighted by Crippen LogP contribution is 2.46. The van der Waals surface area contributed by atoms with Gasteiger partial charge in [0.05, 0.1) is 16.3 Å². The number of hydrogen-bond acceptors (Lipinski definition) is 3. The highest BCUT2D eigenvalue weighted by molar-refractivity contribution is 7.92. The summed E-state index contributed by atoms with van der Waals surface area (Å²) >= 11 is 0. The van der Waals surface area contributed by atoms with Gasteiger partial charge in [0.1, 0.15) is 5.75 Å². The van der Waals surface area contributed by atoms with E-state index in [-0.39, 0.29) is 16.1 Å². The number of nitrogens with zero attached hydrogens (tertiary/aromatic N) is 2. The molecule has 0 amide bonds. The van der Waals surface area contributed by atoms with Crippen molar-refractivity contribution in [2.24, 2.45) is 0 Å². The Bertz CT molecular complexity index is 1100. The summed E-state index contributed by atoms with van der Waals surface area (Å²) in [6, 6.07) is 14.1. The number of phenols is 1. The summed E-state index contributed by atoms with van der Waals surface area (Å²) < 4.78 is 29.8. The molecule has 0 aliphatic carbocycles. The van der Waals surface area contributed by atoms with Crippen molar-refractivity contribution in [2.75, 3.05) is 10.8 Å². The molecule has 4 rings (SSSR count). The monoisotopic (exact) mass is 382 g/mol. The van der Waals surface area contributed by atoms with Gasteiger partial charge in [-0.1, -0.05) is 31.5 Å². The third kappa shape index (κ3) is 2.80. The van der Waals surface area contributed by atoms with Gasteiger partial charge in [0, 0.05) is 30.4 Å². The average Bonchev–Trinajstić information content (AvgIpc) is 3.21. The fraction of sp³-hybridized carbons (Fsp3) is 0.238. The largest absolute Gasteiger partial charge is 0.506 e. The van der Waals surface area contributed by atoms with Gasteiger partial charge >= 0.3 is 0 Å². The van der Waals surface area contributed by atoms with Crippen LogP contribution in [0.4, 0.5) is 5.69 Å². The van der Waals surface area contributed by atoms with Crippen LogP contribution in [0.5, 0.6) is 5.75 Å². The molecule has 3 aromatic rings. The van der Waals surface area contributed by atoms with E-state index in [1.807, 2.05) is 55.9 Å². The Kier molecular flexibility index (Phi) is 3.85. The van der Waals surface area contributed by atoms with Gasteiger partial charge in [0.25, 0.3) is 10.0 Å². The van der Waals surface area contributed by atoms with E-state index in [0.717, 1.165) is 11.1 Å². The Morgan fingerprint density at radius 2 is 1.63 bits per heavy atom. The van der Waals surface area contributed by atoms with Gasteiger partial charge in [-0.2, -0.15) is 0 Å². The summed E-state index contributed by atoms with van der Waals surface area (Å²) in [7, 11) is -3.71. The van der Waals surface area contributed by atoms with Gasteiger partial charge in [-0.15, -0.1) is 0 Å². The normalized spacial score (nSPS) is 15.7. The van der Waals surface area contributed by atoms with Crippen molar-refractivity contribution in [1.82, 2.24) is 4.57 Å². The highest BCUT2D eigenvalue weighted by atomic mass is 32.2. The Balaban J connectivity index is 1.86. The molecule has 0 unspecified atom stereocenters. The van der Waals surface area contributed by atoms with Crippen LogP contribution in [0.3, 0.4) is 0 Å². The first-order chi connectivity index (χ1) is 12.7. The lowest BCUT2D eigenvalue weighted by Crippen LogP contribution is -2.33. The summed E-state index contributed by atoms with van der Waals surface area (Å²) in [5, 5.41) is 10.6. The maximum absolute atomic E-state index is 13.3. The van der Waals surface area contributed by atoms with Crippen LogP contribution in [0.15, 0.2) is 65.8 Å². The van der Waals surface area contributed by atoms with Crippen LogP contribution in [-0.2, 0) is 15.4 Å².